The smallest absolute Gasteiger partial charge is 0.305 e. The Bertz CT molecular complexity index is 1130. The zero-order valence-electron chi connectivity index (χ0n) is 16.6. The van der Waals surface area contributed by atoms with E-state index in [9.17, 15) is 26.7 Å². The second kappa shape index (κ2) is 9.66. The van der Waals surface area contributed by atoms with Crippen LogP contribution in [0.5, 0.6) is 0 Å². The Hall–Kier alpha value is -1.98. The molecule has 1 fully saturated rings. The van der Waals surface area contributed by atoms with Crippen molar-refractivity contribution < 1.29 is 26.7 Å². The van der Waals surface area contributed by atoms with Crippen LogP contribution in [0.1, 0.15) is 37.3 Å². The molecule has 1 heterocycles. The molecule has 0 amide bonds. The fraction of sp³-hybridized carbons (Fsp3) is 0.350. The minimum Gasteiger partial charge on any atom is -0.481 e. The zero-order valence-corrected chi connectivity index (χ0v) is 19.0. The van der Waals surface area contributed by atoms with Crippen LogP contribution in [-0.2, 0) is 24.8 Å². The van der Waals surface area contributed by atoms with Crippen LogP contribution in [-0.4, -0.2) is 45.3 Å². The van der Waals surface area contributed by atoms with Gasteiger partial charge >= 0.3 is 5.97 Å². The van der Waals surface area contributed by atoms with Crippen molar-refractivity contribution in [3.63, 3.8) is 0 Å². The number of aliphatic carboxylic acids is 1. The fourth-order valence-electron chi connectivity index (χ4n) is 3.40. The maximum Gasteiger partial charge on any atom is 0.305 e. The number of carboxylic acid groups (broad SMARTS) is 1. The zero-order chi connectivity index (χ0) is 22.6. The summed E-state index contributed by atoms with van der Waals surface area (Å²) in [5, 5.41) is 9.62. The van der Waals surface area contributed by atoms with Crippen LogP contribution in [0.4, 0.5) is 0 Å². The molecule has 168 valence electrons. The molecule has 0 spiro atoms. The Morgan fingerprint density at radius 1 is 0.935 bits per heavy atom. The van der Waals surface area contributed by atoms with Gasteiger partial charge in [0.05, 0.1) is 22.3 Å². The van der Waals surface area contributed by atoms with E-state index < -0.39 is 38.5 Å². The van der Waals surface area contributed by atoms with Gasteiger partial charge in [0.25, 0.3) is 0 Å². The predicted molar refractivity (Wildman–Crippen MR) is 116 cm³/mol. The van der Waals surface area contributed by atoms with Gasteiger partial charge < -0.3 is 5.11 Å². The Kier molecular flexibility index (Phi) is 7.38. The molecule has 1 aliphatic heterocycles. The van der Waals surface area contributed by atoms with Crippen LogP contribution in [0.15, 0.2) is 58.3 Å². The summed E-state index contributed by atoms with van der Waals surface area (Å²) >= 11 is 5.85. The van der Waals surface area contributed by atoms with Crippen LogP contribution in [0.3, 0.4) is 0 Å². The van der Waals surface area contributed by atoms with Crippen molar-refractivity contribution in [2.45, 2.75) is 41.5 Å². The van der Waals surface area contributed by atoms with E-state index in [1.165, 1.54) is 28.6 Å². The van der Waals surface area contributed by atoms with Crippen LogP contribution in [0.25, 0.3) is 0 Å². The van der Waals surface area contributed by atoms with Crippen molar-refractivity contribution in [3.8, 4) is 0 Å². The van der Waals surface area contributed by atoms with Gasteiger partial charge in [0.15, 0.2) is 0 Å². The van der Waals surface area contributed by atoms with E-state index in [2.05, 4.69) is 4.72 Å². The highest BCUT2D eigenvalue weighted by molar-refractivity contribution is 7.89. The van der Waals surface area contributed by atoms with Gasteiger partial charge in [-0.15, -0.1) is 0 Å². The van der Waals surface area contributed by atoms with Gasteiger partial charge in [0.1, 0.15) is 0 Å². The molecule has 2 N–H and O–H groups in total. The van der Waals surface area contributed by atoms with Crippen LogP contribution >= 0.6 is 11.6 Å². The first-order chi connectivity index (χ1) is 14.6. The van der Waals surface area contributed by atoms with Gasteiger partial charge in [-0.3, -0.25) is 4.79 Å². The molecule has 0 aliphatic carbocycles. The van der Waals surface area contributed by atoms with Crippen LogP contribution < -0.4 is 4.72 Å². The van der Waals surface area contributed by atoms with Crippen molar-refractivity contribution in [1.82, 2.24) is 9.03 Å². The number of nitrogens with one attached hydrogen (secondary N) is 1. The second-order valence-electron chi connectivity index (χ2n) is 7.26. The standard InChI is InChI=1S/C20H23ClN2O6S2/c21-16-6-4-15(5-7-16)19(14-20(24)25)22-30(26,27)17-8-10-18(11-9-17)31(28,29)23-12-2-1-3-13-23/h4-11,19,22H,1-3,12-14H2,(H,24,25)/t19-/m0/s1. The van der Waals surface area contributed by atoms with Crippen molar-refractivity contribution in [2.75, 3.05) is 13.1 Å². The van der Waals surface area contributed by atoms with E-state index in [0.717, 1.165) is 19.3 Å². The van der Waals surface area contributed by atoms with E-state index in [1.807, 2.05) is 0 Å². The molecular weight excluding hydrogens is 464 g/mol. The third kappa shape index (κ3) is 5.83. The number of carbonyl (C=O) groups is 1. The number of halogens is 1. The SMILES string of the molecule is O=C(O)C[C@H](NS(=O)(=O)c1ccc(S(=O)(=O)N2CCCCC2)cc1)c1ccc(Cl)cc1. The summed E-state index contributed by atoms with van der Waals surface area (Å²) in [5.41, 5.74) is 0.444. The van der Waals surface area contributed by atoms with Crippen molar-refractivity contribution >= 4 is 37.6 Å². The summed E-state index contributed by atoms with van der Waals surface area (Å²) in [4.78, 5) is 11.1. The molecule has 8 nitrogen and oxygen atoms in total. The summed E-state index contributed by atoms with van der Waals surface area (Å²) in [6.45, 7) is 0.893. The van der Waals surface area contributed by atoms with Gasteiger partial charge in [-0.25, -0.2) is 21.6 Å². The number of rotatable bonds is 8. The summed E-state index contributed by atoms with van der Waals surface area (Å²) in [7, 11) is -7.79. The van der Waals surface area contributed by atoms with E-state index in [0.29, 0.717) is 23.7 Å². The quantitative estimate of drug-likeness (QED) is 0.591. The number of hydrogen-bond donors (Lipinski definition) is 2. The maximum absolute atomic E-state index is 12.8. The topological polar surface area (TPSA) is 121 Å². The summed E-state index contributed by atoms with van der Waals surface area (Å²) < 4.78 is 55.0. The minimum atomic E-state index is -4.11. The number of hydrogen-bond acceptors (Lipinski definition) is 5. The molecule has 0 unspecified atom stereocenters. The van der Waals surface area contributed by atoms with Crippen LogP contribution in [0.2, 0.25) is 5.02 Å². The van der Waals surface area contributed by atoms with Crippen molar-refractivity contribution in [3.05, 3.63) is 59.1 Å². The van der Waals surface area contributed by atoms with Gasteiger partial charge in [-0.1, -0.05) is 30.2 Å². The van der Waals surface area contributed by atoms with Crippen molar-refractivity contribution in [1.29, 1.82) is 0 Å². The summed E-state index contributed by atoms with van der Waals surface area (Å²) in [6, 6.07) is 10.1. The monoisotopic (exact) mass is 486 g/mol. The molecule has 2 aromatic rings. The lowest BCUT2D eigenvalue weighted by atomic mass is 10.1. The van der Waals surface area contributed by atoms with E-state index in [4.69, 9.17) is 11.6 Å². The first kappa shape index (κ1) is 23.7. The second-order valence-corrected chi connectivity index (χ2v) is 11.3. The number of sulfonamides is 2. The molecule has 1 atom stereocenters. The Morgan fingerprint density at radius 3 is 2.03 bits per heavy atom. The lowest BCUT2D eigenvalue weighted by Gasteiger charge is -2.26. The highest BCUT2D eigenvalue weighted by atomic mass is 35.5. The number of nitrogens with zero attached hydrogens (tertiary/aromatic N) is 1. The highest BCUT2D eigenvalue weighted by Gasteiger charge is 2.27. The molecular formula is C20H23ClN2O6S2. The molecule has 0 aromatic heterocycles. The lowest BCUT2D eigenvalue weighted by Crippen LogP contribution is -2.35. The third-order valence-electron chi connectivity index (χ3n) is 5.04. The lowest BCUT2D eigenvalue weighted by molar-refractivity contribution is -0.137. The third-order valence-corrected chi connectivity index (χ3v) is 8.69. The first-order valence-corrected chi connectivity index (χ1v) is 13.0. The van der Waals surface area contributed by atoms with E-state index in [1.54, 1.807) is 24.3 Å². The fourth-order valence-corrected chi connectivity index (χ4v) is 6.27. The molecule has 11 heteroatoms. The largest absolute Gasteiger partial charge is 0.481 e. The Morgan fingerprint density at radius 2 is 1.48 bits per heavy atom. The predicted octanol–water partition coefficient (Wildman–Crippen LogP) is 3.01. The summed E-state index contributed by atoms with van der Waals surface area (Å²) in [6.07, 6.45) is 2.11. The Balaban J connectivity index is 1.83. The minimum absolute atomic E-state index is 0.0214. The maximum atomic E-state index is 12.8. The first-order valence-electron chi connectivity index (χ1n) is 9.69. The molecule has 1 saturated heterocycles. The molecule has 31 heavy (non-hydrogen) atoms. The number of carboxylic acids is 1. The van der Waals surface area contributed by atoms with Gasteiger partial charge in [-0.05, 0) is 54.8 Å². The van der Waals surface area contributed by atoms with Gasteiger partial charge in [0.2, 0.25) is 20.0 Å². The normalized spacial score (nSPS) is 16.7. The molecule has 0 radical (unpaired) electrons. The molecule has 3 rings (SSSR count). The number of benzene rings is 2. The average molecular weight is 487 g/mol. The molecule has 0 bridgehead atoms. The molecule has 1 aliphatic rings. The van der Waals surface area contributed by atoms with E-state index in [-0.39, 0.29) is 9.79 Å². The number of piperidine rings is 1. The van der Waals surface area contributed by atoms with E-state index >= 15 is 0 Å². The van der Waals surface area contributed by atoms with Gasteiger partial charge in [0, 0.05) is 18.1 Å². The van der Waals surface area contributed by atoms with Gasteiger partial charge in [-0.2, -0.15) is 4.31 Å². The van der Waals surface area contributed by atoms with Crippen LogP contribution in [0, 0.1) is 0 Å². The summed E-state index contributed by atoms with van der Waals surface area (Å²) in [5.74, 6) is -1.18. The Labute approximate surface area is 186 Å². The highest BCUT2D eigenvalue weighted by Crippen LogP contribution is 2.25. The van der Waals surface area contributed by atoms with Crippen molar-refractivity contribution in [2.24, 2.45) is 0 Å². The average Bonchev–Trinajstić information content (AvgIpc) is 2.74. The molecule has 0 saturated carbocycles. The molecule has 2 aromatic carbocycles.